The number of ether oxygens (including phenoxy) is 2. The van der Waals surface area contributed by atoms with Gasteiger partial charge in [0, 0.05) is 36.3 Å². The van der Waals surface area contributed by atoms with Crippen LogP contribution in [0.3, 0.4) is 0 Å². The molecule has 1 fully saturated rings. The van der Waals surface area contributed by atoms with Gasteiger partial charge in [-0.25, -0.2) is 9.97 Å². The Bertz CT molecular complexity index is 1380. The maximum absolute atomic E-state index is 12.9. The summed E-state index contributed by atoms with van der Waals surface area (Å²) < 4.78 is 48.9. The lowest BCUT2D eigenvalue weighted by molar-refractivity contribution is -0.126. The second-order valence-corrected chi connectivity index (χ2v) is 10.8. The zero-order valence-corrected chi connectivity index (χ0v) is 23.2. The minimum atomic E-state index is -4.30. The fourth-order valence-corrected chi connectivity index (χ4v) is 5.85. The van der Waals surface area contributed by atoms with E-state index in [1.54, 1.807) is 13.1 Å². The first-order valence-corrected chi connectivity index (χ1v) is 13.4. The number of nitrogens with one attached hydrogen (secondary N) is 1. The molecule has 3 aromatic rings. The first-order chi connectivity index (χ1) is 19.0. The van der Waals surface area contributed by atoms with E-state index in [0.717, 1.165) is 22.5 Å². The number of fused-ring (bicyclic) bond motifs is 1. The number of aliphatic hydroxyl groups is 1. The summed E-state index contributed by atoms with van der Waals surface area (Å²) in [5.41, 5.74) is 14.2. The zero-order valence-electron chi connectivity index (χ0n) is 22.4. The smallest absolute Gasteiger partial charge is 0.393 e. The van der Waals surface area contributed by atoms with Crippen LogP contribution >= 0.6 is 11.3 Å². The van der Waals surface area contributed by atoms with E-state index in [1.807, 2.05) is 29.2 Å². The van der Waals surface area contributed by atoms with E-state index >= 15 is 0 Å². The molecule has 0 spiro atoms. The number of nitrogens with zero attached hydrogens (tertiary/aromatic N) is 3. The predicted molar refractivity (Wildman–Crippen MR) is 149 cm³/mol. The van der Waals surface area contributed by atoms with Crippen molar-refractivity contribution in [1.29, 1.82) is 0 Å². The van der Waals surface area contributed by atoms with Gasteiger partial charge in [-0.3, -0.25) is 0 Å². The van der Waals surface area contributed by atoms with Crippen LogP contribution < -0.4 is 21.7 Å². The van der Waals surface area contributed by atoms with E-state index in [9.17, 15) is 18.3 Å². The van der Waals surface area contributed by atoms with Gasteiger partial charge in [0.25, 0.3) is 0 Å². The third-order valence-electron chi connectivity index (χ3n) is 6.91. The highest BCUT2D eigenvalue weighted by Crippen LogP contribution is 2.36. The summed E-state index contributed by atoms with van der Waals surface area (Å²) >= 11 is 1.01. The molecule has 6 N–H and O–H groups in total. The van der Waals surface area contributed by atoms with Crippen molar-refractivity contribution in [3.63, 3.8) is 0 Å². The van der Waals surface area contributed by atoms with Crippen molar-refractivity contribution in [3.8, 4) is 0 Å². The lowest BCUT2D eigenvalue weighted by atomic mass is 10.1. The summed E-state index contributed by atoms with van der Waals surface area (Å²) in [5.74, 6) is 0.965. The van der Waals surface area contributed by atoms with Crippen LogP contribution in [0, 0.1) is 0 Å². The van der Waals surface area contributed by atoms with E-state index in [2.05, 4.69) is 15.3 Å². The molecule has 4 rings (SSSR count). The average Bonchev–Trinajstić information content (AvgIpc) is 3.50. The maximum atomic E-state index is 12.9. The number of thiophene rings is 1. The van der Waals surface area contributed by atoms with Crippen molar-refractivity contribution in [2.24, 2.45) is 11.5 Å². The Hall–Kier alpha value is -3.55. The minimum Gasteiger partial charge on any atom is -0.491 e. The fraction of sp³-hybridized carbons (Fsp3) is 0.407. The number of hydrogen-bond donors (Lipinski definition) is 4. The molecule has 0 amide bonds. The van der Waals surface area contributed by atoms with Gasteiger partial charge in [-0.15, -0.1) is 11.3 Å². The summed E-state index contributed by atoms with van der Waals surface area (Å²) in [6.07, 6.45) is -1.81. The molecule has 0 aliphatic heterocycles. The van der Waals surface area contributed by atoms with Crippen molar-refractivity contribution < 1.29 is 27.8 Å². The van der Waals surface area contributed by atoms with Crippen LogP contribution in [-0.2, 0) is 22.4 Å². The molecule has 0 radical (unpaired) electrons. The number of allylic oxidation sites excluding steroid dienone is 1. The largest absolute Gasteiger partial charge is 0.491 e. The number of halogens is 3. The molecule has 1 aromatic carbocycles. The number of likely N-dealkylation sites (N-methyl/N-ethyl adjacent to an activating group) is 1. The molecule has 1 aliphatic rings. The van der Waals surface area contributed by atoms with E-state index in [1.165, 1.54) is 26.6 Å². The summed E-state index contributed by atoms with van der Waals surface area (Å²) in [4.78, 5) is 11.0. The molecule has 0 saturated heterocycles. The quantitative estimate of drug-likeness (QED) is 0.210. The number of anilines is 1. The second-order valence-electron chi connectivity index (χ2n) is 9.65. The van der Waals surface area contributed by atoms with E-state index in [4.69, 9.17) is 20.9 Å². The molecule has 40 heavy (non-hydrogen) atoms. The molecule has 3 atom stereocenters. The fourth-order valence-electron chi connectivity index (χ4n) is 4.83. The number of methoxy groups -OCH3 is 2. The molecular weight excluding hydrogens is 545 g/mol. The molecule has 1 saturated carbocycles. The van der Waals surface area contributed by atoms with Gasteiger partial charge in [0.1, 0.15) is 17.0 Å². The molecule has 9 nitrogen and oxygen atoms in total. The van der Waals surface area contributed by atoms with Gasteiger partial charge >= 0.3 is 6.18 Å². The number of hydrogen-bond acceptors (Lipinski definition) is 10. The van der Waals surface area contributed by atoms with E-state index in [0.29, 0.717) is 46.9 Å². The molecule has 13 heteroatoms. The Morgan fingerprint density at radius 3 is 2.55 bits per heavy atom. The van der Waals surface area contributed by atoms with Crippen LogP contribution in [0.4, 0.5) is 19.0 Å². The number of benzene rings is 1. The van der Waals surface area contributed by atoms with Crippen LogP contribution in [0.2, 0.25) is 0 Å². The number of rotatable bonds is 10. The minimum absolute atomic E-state index is 0.0408. The Labute approximate surface area is 234 Å². The van der Waals surface area contributed by atoms with Crippen molar-refractivity contribution >= 4 is 33.1 Å². The van der Waals surface area contributed by atoms with Crippen LogP contribution in [0.25, 0.3) is 15.9 Å². The molecule has 0 unspecified atom stereocenters. The highest BCUT2D eigenvalue weighted by molar-refractivity contribution is 7.18. The van der Waals surface area contributed by atoms with Gasteiger partial charge in [0.2, 0.25) is 5.88 Å². The van der Waals surface area contributed by atoms with Crippen molar-refractivity contribution in [2.45, 2.75) is 50.2 Å². The van der Waals surface area contributed by atoms with Gasteiger partial charge in [-0.05, 0) is 30.0 Å². The lowest BCUT2D eigenvalue weighted by Crippen LogP contribution is -2.38. The second kappa shape index (κ2) is 12.3. The summed E-state index contributed by atoms with van der Waals surface area (Å²) in [5, 5.41) is 14.9. The predicted octanol–water partition coefficient (Wildman–Crippen LogP) is 3.63. The first-order valence-electron chi connectivity index (χ1n) is 12.6. The zero-order chi connectivity index (χ0) is 29.0. The molecule has 2 aromatic heterocycles. The highest BCUT2D eigenvalue weighted by Gasteiger charge is 2.37. The third kappa shape index (κ3) is 6.95. The van der Waals surface area contributed by atoms with Gasteiger partial charge in [-0.2, -0.15) is 13.2 Å². The molecule has 2 heterocycles. The van der Waals surface area contributed by atoms with Crippen LogP contribution in [0.15, 0.2) is 54.4 Å². The number of aliphatic hydroxyl groups excluding tert-OH is 1. The topological polar surface area (TPSA) is 132 Å². The van der Waals surface area contributed by atoms with Crippen molar-refractivity contribution in [1.82, 2.24) is 15.3 Å². The average molecular weight is 579 g/mol. The SMILES string of the molecule is CO/C(N)=C(/C=C(\N)c1ccc(CN[C@H]2C[C@@H](O)[C@@H](N(C)c3ncnc4sc(CC(F)(F)F)cc34)C2)cc1)OC. The number of nitrogens with two attached hydrogens (primary N) is 2. The standard InChI is InChI=1S/C27H33F3N6O3S/c1-36(25-19-10-18(12-27(28,29)30)40-26(19)35-14-34-25)21-8-17(9-22(21)37)33-13-15-4-6-16(7-5-15)20(31)11-23(38-2)24(32)39-3/h4-7,10-11,14,17,21-22,33,37H,8-9,12-13,31-32H2,1-3H3/b20-11-,24-23-/t17-,21+,22-/m1/s1. The third-order valence-corrected chi connectivity index (χ3v) is 7.96. The Morgan fingerprint density at radius 2 is 1.90 bits per heavy atom. The highest BCUT2D eigenvalue weighted by atomic mass is 32.1. The Balaban J connectivity index is 1.39. The van der Waals surface area contributed by atoms with Crippen LogP contribution in [0.1, 0.15) is 28.8 Å². The maximum Gasteiger partial charge on any atom is 0.393 e. The van der Waals surface area contributed by atoms with Gasteiger partial charge < -0.3 is 36.3 Å². The summed E-state index contributed by atoms with van der Waals surface area (Å²) in [7, 11) is 4.73. The summed E-state index contributed by atoms with van der Waals surface area (Å²) in [6.45, 7) is 0.584. The number of aromatic nitrogens is 2. The van der Waals surface area contributed by atoms with Crippen LogP contribution in [-0.4, -0.2) is 60.7 Å². The molecule has 216 valence electrons. The number of alkyl halides is 3. The van der Waals surface area contributed by atoms with E-state index < -0.39 is 18.7 Å². The Kier molecular flexibility index (Phi) is 9.06. The monoisotopic (exact) mass is 578 g/mol. The van der Waals surface area contributed by atoms with Gasteiger partial charge in [0.05, 0.1) is 38.2 Å². The molecule has 0 bridgehead atoms. The molecular formula is C27H33F3N6O3S. The normalized spacial score (nSPS) is 20.5. The van der Waals surface area contributed by atoms with Crippen molar-refractivity contribution in [3.05, 3.63) is 70.4 Å². The lowest BCUT2D eigenvalue weighted by Gasteiger charge is -2.28. The van der Waals surface area contributed by atoms with Crippen LogP contribution in [0.5, 0.6) is 0 Å². The van der Waals surface area contributed by atoms with Crippen molar-refractivity contribution in [2.75, 3.05) is 26.2 Å². The molecule has 1 aliphatic carbocycles. The van der Waals surface area contributed by atoms with Gasteiger partial charge in [0.15, 0.2) is 5.76 Å². The summed E-state index contributed by atoms with van der Waals surface area (Å²) in [6, 6.07) is 9.00. The Morgan fingerprint density at radius 1 is 1.18 bits per heavy atom. The van der Waals surface area contributed by atoms with Gasteiger partial charge in [-0.1, -0.05) is 24.3 Å². The first kappa shape index (κ1) is 29.4. The van der Waals surface area contributed by atoms with E-state index in [-0.39, 0.29) is 22.8 Å².